The number of carbonyl (C=O) groups is 1. The third kappa shape index (κ3) is 5.92. The first-order valence-corrected chi connectivity index (χ1v) is 10.4. The Bertz CT molecular complexity index is 760. The topological polar surface area (TPSA) is 116 Å². The maximum absolute atomic E-state index is 10.5. The molecule has 0 unspecified atom stereocenters. The van der Waals surface area contributed by atoms with Gasteiger partial charge in [0.1, 0.15) is 11.9 Å². The minimum Gasteiger partial charge on any atom is -0.481 e. The van der Waals surface area contributed by atoms with Gasteiger partial charge in [-0.2, -0.15) is 0 Å². The van der Waals surface area contributed by atoms with E-state index in [0.29, 0.717) is 31.6 Å². The predicted octanol–water partition coefficient (Wildman–Crippen LogP) is 2.40. The van der Waals surface area contributed by atoms with Crippen LogP contribution in [0.15, 0.2) is 48.6 Å². The van der Waals surface area contributed by atoms with E-state index in [2.05, 4.69) is 0 Å². The molecular weight excluding hydrogens is 388 g/mol. The number of allylic oxidation sites excluding steroid dienone is 2. The minimum atomic E-state index is -1.00. The summed E-state index contributed by atoms with van der Waals surface area (Å²) in [6, 6.07) is 7.50. The maximum atomic E-state index is 10.5. The quantitative estimate of drug-likeness (QED) is 0.359. The van der Waals surface area contributed by atoms with Crippen LogP contribution >= 0.6 is 0 Å². The molecule has 0 amide bonds. The molecule has 4 N–H and O–H groups in total. The van der Waals surface area contributed by atoms with Gasteiger partial charge in [0.05, 0.1) is 18.8 Å². The number of unbranched alkanes of at least 4 members (excludes halogenated alkanes) is 1. The second kappa shape index (κ2) is 10.7. The number of aliphatic carboxylic acids is 1. The zero-order valence-electron chi connectivity index (χ0n) is 16.8. The summed E-state index contributed by atoms with van der Waals surface area (Å²) in [5, 5.41) is 39.8. The van der Waals surface area contributed by atoms with E-state index < -0.39 is 30.6 Å². The molecule has 2 aliphatic rings. The van der Waals surface area contributed by atoms with Crippen LogP contribution in [0.2, 0.25) is 0 Å². The van der Waals surface area contributed by atoms with Crippen LogP contribution in [0.5, 0.6) is 5.75 Å². The molecule has 0 bridgehead atoms. The van der Waals surface area contributed by atoms with Crippen molar-refractivity contribution in [3.63, 3.8) is 0 Å². The van der Waals surface area contributed by atoms with Gasteiger partial charge in [0.25, 0.3) is 0 Å². The van der Waals surface area contributed by atoms with E-state index in [1.165, 1.54) is 0 Å². The average Bonchev–Trinajstić information content (AvgIpc) is 3.00. The third-order valence-electron chi connectivity index (χ3n) is 5.68. The van der Waals surface area contributed by atoms with E-state index in [1.807, 2.05) is 36.4 Å². The Balaban J connectivity index is 1.54. The first kappa shape index (κ1) is 22.5. The molecule has 7 heteroatoms. The SMILES string of the molecule is O=C(O)CCCC=CC[C@@H]1[C@@H](C=C[C@H](O)[C@@H]2OCc3ccccc3O2)[C@H](O)C[C@@H]1O. The molecule has 3 rings (SSSR count). The van der Waals surface area contributed by atoms with Crippen molar-refractivity contribution in [2.24, 2.45) is 11.8 Å². The van der Waals surface area contributed by atoms with Crippen LogP contribution in [0, 0.1) is 11.8 Å². The second-order valence-electron chi connectivity index (χ2n) is 7.89. The van der Waals surface area contributed by atoms with Crippen LogP contribution in [-0.4, -0.2) is 51.0 Å². The van der Waals surface area contributed by atoms with E-state index in [-0.39, 0.29) is 24.7 Å². The lowest BCUT2D eigenvalue weighted by atomic mass is 9.89. The number of para-hydroxylation sites is 1. The van der Waals surface area contributed by atoms with Gasteiger partial charge < -0.3 is 29.9 Å². The molecule has 0 saturated heterocycles. The van der Waals surface area contributed by atoms with Gasteiger partial charge in [0.2, 0.25) is 6.29 Å². The Labute approximate surface area is 176 Å². The summed E-state index contributed by atoms with van der Waals surface area (Å²) in [5.41, 5.74) is 0.925. The standard InChI is InChI=1S/C23H30O7/c24-18(23-29-14-15-7-5-6-9-21(15)30-23)12-11-17-16(19(25)13-20(17)26)8-3-1-2-4-10-22(27)28/h1,3,5-7,9,11-12,16-20,23-26H,2,4,8,10,13-14H2,(H,27,28)/t16-,17-,18+,19+,20-,23-/m1/s1. The van der Waals surface area contributed by atoms with E-state index >= 15 is 0 Å². The Morgan fingerprint density at radius 2 is 2.00 bits per heavy atom. The smallest absolute Gasteiger partial charge is 0.303 e. The molecule has 1 heterocycles. The number of fused-ring (bicyclic) bond motifs is 1. The fourth-order valence-corrected chi connectivity index (χ4v) is 4.02. The van der Waals surface area contributed by atoms with E-state index in [4.69, 9.17) is 14.6 Å². The molecule has 0 aromatic heterocycles. The van der Waals surface area contributed by atoms with Crippen LogP contribution in [0.1, 0.15) is 37.7 Å². The highest BCUT2D eigenvalue weighted by molar-refractivity contribution is 5.66. The number of aliphatic hydroxyl groups excluding tert-OH is 3. The normalized spacial score (nSPS) is 29.8. The summed E-state index contributed by atoms with van der Waals surface area (Å²) in [6.07, 6.45) is 6.20. The number of benzene rings is 1. The lowest BCUT2D eigenvalue weighted by Crippen LogP contribution is -2.36. The zero-order valence-corrected chi connectivity index (χ0v) is 16.8. The fourth-order valence-electron chi connectivity index (χ4n) is 4.02. The van der Waals surface area contributed by atoms with E-state index in [9.17, 15) is 20.1 Å². The molecular formula is C23H30O7. The van der Waals surface area contributed by atoms with Gasteiger partial charge in [-0.05, 0) is 31.2 Å². The molecule has 1 aliphatic carbocycles. The van der Waals surface area contributed by atoms with Crippen LogP contribution in [0.25, 0.3) is 0 Å². The molecule has 1 fully saturated rings. The summed E-state index contributed by atoms with van der Waals surface area (Å²) >= 11 is 0. The molecule has 6 atom stereocenters. The number of hydrogen-bond donors (Lipinski definition) is 4. The first-order valence-electron chi connectivity index (χ1n) is 10.4. The van der Waals surface area contributed by atoms with Crippen LogP contribution in [0.4, 0.5) is 0 Å². The highest BCUT2D eigenvalue weighted by atomic mass is 16.7. The summed E-state index contributed by atoms with van der Waals surface area (Å²) in [5.74, 6) is -0.596. The zero-order chi connectivity index (χ0) is 21.5. The van der Waals surface area contributed by atoms with Gasteiger partial charge in [0, 0.05) is 24.3 Å². The molecule has 30 heavy (non-hydrogen) atoms. The molecule has 164 valence electrons. The van der Waals surface area contributed by atoms with Crippen molar-refractivity contribution < 1.29 is 34.7 Å². The Hall–Kier alpha value is -2.19. The predicted molar refractivity (Wildman–Crippen MR) is 110 cm³/mol. The van der Waals surface area contributed by atoms with Gasteiger partial charge in [-0.3, -0.25) is 4.79 Å². The largest absolute Gasteiger partial charge is 0.481 e. The van der Waals surface area contributed by atoms with Crippen LogP contribution in [-0.2, 0) is 16.1 Å². The van der Waals surface area contributed by atoms with Crippen LogP contribution < -0.4 is 4.74 Å². The Morgan fingerprint density at radius 3 is 2.80 bits per heavy atom. The molecule has 0 spiro atoms. The van der Waals surface area contributed by atoms with Crippen molar-refractivity contribution in [2.45, 2.75) is 63.3 Å². The minimum absolute atomic E-state index is 0.133. The fraction of sp³-hybridized carbons (Fsp3) is 0.522. The van der Waals surface area contributed by atoms with Gasteiger partial charge >= 0.3 is 5.97 Å². The lowest BCUT2D eigenvalue weighted by molar-refractivity contribution is -0.152. The Morgan fingerprint density at radius 1 is 1.20 bits per heavy atom. The van der Waals surface area contributed by atoms with Crippen LogP contribution in [0.3, 0.4) is 0 Å². The molecule has 1 aliphatic heterocycles. The number of ether oxygens (including phenoxy) is 2. The summed E-state index contributed by atoms with van der Waals surface area (Å²) in [7, 11) is 0. The van der Waals surface area contributed by atoms with Crippen molar-refractivity contribution in [3.8, 4) is 5.75 Å². The van der Waals surface area contributed by atoms with Gasteiger partial charge in [-0.25, -0.2) is 0 Å². The van der Waals surface area contributed by atoms with Crippen molar-refractivity contribution in [1.82, 2.24) is 0 Å². The molecule has 1 saturated carbocycles. The maximum Gasteiger partial charge on any atom is 0.303 e. The monoisotopic (exact) mass is 418 g/mol. The molecule has 0 radical (unpaired) electrons. The molecule has 1 aromatic carbocycles. The summed E-state index contributed by atoms with van der Waals surface area (Å²) in [6.45, 7) is 0.353. The highest BCUT2D eigenvalue weighted by Crippen LogP contribution is 2.36. The van der Waals surface area contributed by atoms with Crippen molar-refractivity contribution in [3.05, 3.63) is 54.1 Å². The number of aliphatic hydroxyl groups is 3. The van der Waals surface area contributed by atoms with Gasteiger partial charge in [-0.15, -0.1) is 0 Å². The summed E-state index contributed by atoms with van der Waals surface area (Å²) < 4.78 is 11.3. The number of hydrogen-bond acceptors (Lipinski definition) is 6. The average molecular weight is 418 g/mol. The van der Waals surface area contributed by atoms with Gasteiger partial charge in [0.15, 0.2) is 0 Å². The first-order chi connectivity index (χ1) is 14.5. The number of carboxylic acids is 1. The van der Waals surface area contributed by atoms with E-state index in [1.54, 1.807) is 12.2 Å². The molecule has 1 aromatic rings. The Kier molecular flexibility index (Phi) is 8.04. The summed E-state index contributed by atoms with van der Waals surface area (Å²) in [4.78, 5) is 10.5. The number of carboxylic acid groups (broad SMARTS) is 1. The lowest BCUT2D eigenvalue weighted by Gasteiger charge is -2.28. The van der Waals surface area contributed by atoms with E-state index in [0.717, 1.165) is 5.56 Å². The van der Waals surface area contributed by atoms with Crippen molar-refractivity contribution >= 4 is 5.97 Å². The molecule has 7 nitrogen and oxygen atoms in total. The third-order valence-corrected chi connectivity index (χ3v) is 5.68. The van der Waals surface area contributed by atoms with Crippen molar-refractivity contribution in [2.75, 3.05) is 0 Å². The number of rotatable bonds is 9. The highest BCUT2D eigenvalue weighted by Gasteiger charge is 2.39. The van der Waals surface area contributed by atoms with Crippen molar-refractivity contribution in [1.29, 1.82) is 0 Å². The van der Waals surface area contributed by atoms with Gasteiger partial charge in [-0.1, -0.05) is 42.5 Å². The second-order valence-corrected chi connectivity index (χ2v) is 7.89.